The van der Waals surface area contributed by atoms with Gasteiger partial charge >= 0.3 is 0 Å². The van der Waals surface area contributed by atoms with E-state index in [-0.39, 0.29) is 11.8 Å². The van der Waals surface area contributed by atoms with E-state index in [0.717, 1.165) is 16.9 Å². The number of anilines is 2. The van der Waals surface area contributed by atoms with E-state index in [0.29, 0.717) is 23.5 Å². The summed E-state index contributed by atoms with van der Waals surface area (Å²) in [5.41, 5.74) is 3.23. The molecule has 2 aromatic carbocycles. The fourth-order valence-electron chi connectivity index (χ4n) is 2.41. The minimum absolute atomic E-state index is 0.0535. The van der Waals surface area contributed by atoms with Crippen molar-refractivity contribution in [1.29, 1.82) is 0 Å². The molecule has 3 aromatic rings. The van der Waals surface area contributed by atoms with Crippen molar-refractivity contribution < 1.29 is 9.59 Å². The Morgan fingerprint density at radius 3 is 2.50 bits per heavy atom. The molecule has 0 aliphatic carbocycles. The molecule has 6 heteroatoms. The van der Waals surface area contributed by atoms with E-state index in [4.69, 9.17) is 0 Å². The molecular weight excluding hydrogens is 346 g/mol. The van der Waals surface area contributed by atoms with Crippen LogP contribution in [0.3, 0.4) is 0 Å². The van der Waals surface area contributed by atoms with E-state index >= 15 is 0 Å². The number of aryl methyl sites for hydroxylation is 2. The zero-order valence-corrected chi connectivity index (χ0v) is 15.2. The molecule has 0 atom stereocenters. The second kappa shape index (κ2) is 8.40. The number of thiazole rings is 1. The molecule has 0 fully saturated rings. The van der Waals surface area contributed by atoms with Gasteiger partial charge in [0.15, 0.2) is 5.13 Å². The van der Waals surface area contributed by atoms with E-state index in [1.165, 1.54) is 11.3 Å². The molecule has 0 saturated carbocycles. The highest BCUT2D eigenvalue weighted by molar-refractivity contribution is 7.14. The van der Waals surface area contributed by atoms with Crippen LogP contribution in [0.1, 0.15) is 28.0 Å². The van der Waals surface area contributed by atoms with Gasteiger partial charge < -0.3 is 5.32 Å². The van der Waals surface area contributed by atoms with Gasteiger partial charge in [0.1, 0.15) is 0 Å². The Balaban J connectivity index is 1.51. The molecule has 1 heterocycles. The van der Waals surface area contributed by atoms with Gasteiger partial charge in [-0.3, -0.25) is 14.9 Å². The first-order valence-corrected chi connectivity index (χ1v) is 9.16. The number of nitrogens with zero attached hydrogens (tertiary/aromatic N) is 1. The van der Waals surface area contributed by atoms with Crippen LogP contribution in [-0.4, -0.2) is 16.8 Å². The van der Waals surface area contributed by atoms with E-state index in [1.807, 2.05) is 54.8 Å². The van der Waals surface area contributed by atoms with Crippen LogP contribution in [0.15, 0.2) is 60.0 Å². The molecule has 0 aliphatic rings. The summed E-state index contributed by atoms with van der Waals surface area (Å²) in [6.07, 6.45) is 0.861. The second-order valence-electron chi connectivity index (χ2n) is 5.83. The number of carbonyl (C=O) groups is 2. The predicted molar refractivity (Wildman–Crippen MR) is 105 cm³/mol. The van der Waals surface area contributed by atoms with Gasteiger partial charge in [-0.2, -0.15) is 0 Å². The molecule has 3 rings (SSSR count). The molecule has 0 bridgehead atoms. The summed E-state index contributed by atoms with van der Waals surface area (Å²) in [7, 11) is 0. The summed E-state index contributed by atoms with van der Waals surface area (Å²) in [5, 5.41) is 8.09. The van der Waals surface area contributed by atoms with Crippen molar-refractivity contribution in [2.24, 2.45) is 0 Å². The molecule has 26 heavy (non-hydrogen) atoms. The predicted octanol–water partition coefficient (Wildman–Crippen LogP) is 4.28. The highest BCUT2D eigenvalue weighted by atomic mass is 32.1. The van der Waals surface area contributed by atoms with Crippen LogP contribution in [0.4, 0.5) is 10.8 Å². The summed E-state index contributed by atoms with van der Waals surface area (Å²) in [6, 6.07) is 16.7. The lowest BCUT2D eigenvalue weighted by Crippen LogP contribution is -2.13. The van der Waals surface area contributed by atoms with E-state index in [9.17, 15) is 9.59 Å². The smallest absolute Gasteiger partial charge is 0.257 e. The second-order valence-corrected chi connectivity index (χ2v) is 6.69. The Hall–Kier alpha value is -2.99. The van der Waals surface area contributed by atoms with Crippen molar-refractivity contribution in [2.45, 2.75) is 19.8 Å². The first kappa shape index (κ1) is 17.8. The number of carbonyl (C=O) groups excluding carboxylic acids is 2. The number of amides is 2. The SMILES string of the molecule is Cc1ccccc1NC(=O)CCc1csc(NC(=O)c2ccccc2)n1. The van der Waals surface area contributed by atoms with Crippen LogP contribution in [0.25, 0.3) is 0 Å². The first-order valence-electron chi connectivity index (χ1n) is 8.28. The fraction of sp³-hybridized carbons (Fsp3) is 0.150. The first-order chi connectivity index (χ1) is 12.6. The number of hydrogen-bond donors (Lipinski definition) is 2. The van der Waals surface area contributed by atoms with Crippen molar-refractivity contribution in [3.63, 3.8) is 0 Å². The number of rotatable bonds is 6. The van der Waals surface area contributed by atoms with E-state index in [2.05, 4.69) is 15.6 Å². The van der Waals surface area contributed by atoms with Crippen molar-refractivity contribution in [2.75, 3.05) is 10.6 Å². The summed E-state index contributed by atoms with van der Waals surface area (Å²) in [5.74, 6) is -0.244. The summed E-state index contributed by atoms with van der Waals surface area (Å²) in [4.78, 5) is 28.6. The zero-order chi connectivity index (χ0) is 18.4. The normalized spacial score (nSPS) is 10.3. The Bertz CT molecular complexity index is 906. The average Bonchev–Trinajstić information content (AvgIpc) is 3.10. The molecular formula is C20H19N3O2S. The summed E-state index contributed by atoms with van der Waals surface area (Å²) >= 11 is 1.36. The lowest BCUT2D eigenvalue weighted by atomic mass is 10.2. The van der Waals surface area contributed by atoms with Crippen LogP contribution >= 0.6 is 11.3 Å². The molecule has 5 nitrogen and oxygen atoms in total. The maximum atomic E-state index is 12.1. The standard InChI is InChI=1S/C20H19N3O2S/c1-14-7-5-6-10-17(14)22-18(24)12-11-16-13-26-20(21-16)23-19(25)15-8-3-2-4-9-15/h2-10,13H,11-12H2,1H3,(H,22,24)(H,21,23,25). The largest absolute Gasteiger partial charge is 0.326 e. The van der Waals surface area contributed by atoms with Gasteiger partial charge in [0, 0.05) is 23.1 Å². The molecule has 0 aliphatic heterocycles. The summed E-state index contributed by atoms with van der Waals surface area (Å²) < 4.78 is 0. The minimum atomic E-state index is -0.191. The lowest BCUT2D eigenvalue weighted by molar-refractivity contribution is -0.116. The molecule has 2 amide bonds. The third-order valence-electron chi connectivity index (χ3n) is 3.84. The van der Waals surface area contributed by atoms with Gasteiger partial charge in [-0.05, 0) is 37.1 Å². The topological polar surface area (TPSA) is 71.1 Å². The van der Waals surface area contributed by atoms with Crippen LogP contribution in [-0.2, 0) is 11.2 Å². The third kappa shape index (κ3) is 4.77. The van der Waals surface area contributed by atoms with Crippen LogP contribution in [0, 0.1) is 6.92 Å². The lowest BCUT2D eigenvalue weighted by Gasteiger charge is -2.07. The molecule has 0 spiro atoms. The number of benzene rings is 2. The molecule has 0 radical (unpaired) electrons. The molecule has 132 valence electrons. The van der Waals surface area contributed by atoms with Gasteiger partial charge in [-0.15, -0.1) is 11.3 Å². The summed E-state index contributed by atoms with van der Waals surface area (Å²) in [6.45, 7) is 1.96. The minimum Gasteiger partial charge on any atom is -0.326 e. The Morgan fingerprint density at radius 1 is 1.00 bits per heavy atom. The number of aromatic nitrogens is 1. The Labute approximate surface area is 156 Å². The van der Waals surface area contributed by atoms with E-state index in [1.54, 1.807) is 12.1 Å². The Morgan fingerprint density at radius 2 is 1.73 bits per heavy atom. The van der Waals surface area contributed by atoms with Gasteiger partial charge in [0.25, 0.3) is 5.91 Å². The van der Waals surface area contributed by atoms with Gasteiger partial charge in [0.2, 0.25) is 5.91 Å². The quantitative estimate of drug-likeness (QED) is 0.685. The zero-order valence-electron chi connectivity index (χ0n) is 14.4. The number of nitrogens with one attached hydrogen (secondary N) is 2. The van der Waals surface area contributed by atoms with E-state index < -0.39 is 0 Å². The van der Waals surface area contributed by atoms with Crippen molar-refractivity contribution in [3.05, 3.63) is 76.8 Å². The van der Waals surface area contributed by atoms with Crippen molar-refractivity contribution >= 4 is 34.0 Å². The van der Waals surface area contributed by atoms with Crippen molar-refractivity contribution in [3.8, 4) is 0 Å². The maximum Gasteiger partial charge on any atom is 0.257 e. The Kier molecular flexibility index (Phi) is 5.76. The molecule has 0 saturated heterocycles. The van der Waals surface area contributed by atoms with Gasteiger partial charge in [-0.25, -0.2) is 4.98 Å². The average molecular weight is 365 g/mol. The third-order valence-corrected chi connectivity index (χ3v) is 4.64. The molecule has 2 N–H and O–H groups in total. The van der Waals surface area contributed by atoms with Crippen LogP contribution in [0.2, 0.25) is 0 Å². The van der Waals surface area contributed by atoms with Gasteiger partial charge in [-0.1, -0.05) is 36.4 Å². The highest BCUT2D eigenvalue weighted by Gasteiger charge is 2.10. The molecule has 0 unspecified atom stereocenters. The highest BCUT2D eigenvalue weighted by Crippen LogP contribution is 2.18. The van der Waals surface area contributed by atoms with Gasteiger partial charge in [0.05, 0.1) is 5.69 Å². The van der Waals surface area contributed by atoms with Crippen LogP contribution < -0.4 is 10.6 Å². The number of para-hydroxylation sites is 1. The monoisotopic (exact) mass is 365 g/mol. The van der Waals surface area contributed by atoms with Crippen molar-refractivity contribution in [1.82, 2.24) is 4.98 Å². The fourth-order valence-corrected chi connectivity index (χ4v) is 3.15. The van der Waals surface area contributed by atoms with Crippen LogP contribution in [0.5, 0.6) is 0 Å². The molecule has 1 aromatic heterocycles. The number of hydrogen-bond acceptors (Lipinski definition) is 4. The maximum absolute atomic E-state index is 12.1.